The standard InChI is InChI=1S/C22H28N6/c1-3-5-19-14-25-17(2)26-22(19)27-12-4-6-20(16-27)21-24-11-13-28(21)15-18-7-9-23-10-8-18/h7-11,13-14,20H,3-6,12,15-16H2,1-2H3/t20-/m0/s1. The van der Waals surface area contributed by atoms with Crippen molar-refractivity contribution in [2.45, 2.75) is 52.0 Å². The van der Waals surface area contributed by atoms with Crippen LogP contribution in [0.1, 0.15) is 54.9 Å². The average Bonchev–Trinajstić information content (AvgIpc) is 3.18. The van der Waals surface area contributed by atoms with Crippen LogP contribution in [0.25, 0.3) is 0 Å². The van der Waals surface area contributed by atoms with Crippen LogP contribution < -0.4 is 4.90 Å². The van der Waals surface area contributed by atoms with Crippen LogP contribution in [-0.4, -0.2) is 37.6 Å². The van der Waals surface area contributed by atoms with Gasteiger partial charge in [-0.1, -0.05) is 13.3 Å². The second kappa shape index (κ2) is 8.50. The SMILES string of the molecule is CCCc1cnc(C)nc1N1CCC[C@H](c2nccn2Cc2ccncc2)C1. The Morgan fingerprint density at radius 2 is 2.00 bits per heavy atom. The lowest BCUT2D eigenvalue weighted by molar-refractivity contribution is 0.472. The zero-order chi connectivity index (χ0) is 19.3. The molecule has 1 atom stereocenters. The van der Waals surface area contributed by atoms with Crippen molar-refractivity contribution in [3.8, 4) is 0 Å². The van der Waals surface area contributed by atoms with Crippen LogP contribution >= 0.6 is 0 Å². The highest BCUT2D eigenvalue weighted by molar-refractivity contribution is 5.47. The fourth-order valence-corrected chi connectivity index (χ4v) is 4.08. The van der Waals surface area contributed by atoms with Gasteiger partial charge < -0.3 is 9.47 Å². The molecule has 1 aliphatic heterocycles. The molecular formula is C22H28N6. The Hall–Kier alpha value is -2.76. The van der Waals surface area contributed by atoms with Crippen LogP contribution in [-0.2, 0) is 13.0 Å². The molecule has 0 aliphatic carbocycles. The number of hydrogen-bond donors (Lipinski definition) is 0. The van der Waals surface area contributed by atoms with Crippen LogP contribution in [0.5, 0.6) is 0 Å². The van der Waals surface area contributed by atoms with Gasteiger partial charge in [0.15, 0.2) is 0 Å². The van der Waals surface area contributed by atoms with Gasteiger partial charge in [0, 0.05) is 62.1 Å². The molecule has 1 fully saturated rings. The number of aryl methyl sites for hydroxylation is 2. The monoisotopic (exact) mass is 376 g/mol. The molecule has 0 saturated carbocycles. The molecule has 3 aromatic rings. The number of nitrogens with zero attached hydrogens (tertiary/aromatic N) is 6. The van der Waals surface area contributed by atoms with E-state index in [-0.39, 0.29) is 0 Å². The molecule has 0 aromatic carbocycles. The smallest absolute Gasteiger partial charge is 0.135 e. The summed E-state index contributed by atoms with van der Waals surface area (Å²) in [6, 6.07) is 4.13. The minimum atomic E-state index is 0.412. The average molecular weight is 377 g/mol. The third-order valence-electron chi connectivity index (χ3n) is 5.42. The van der Waals surface area contributed by atoms with E-state index in [0.29, 0.717) is 5.92 Å². The summed E-state index contributed by atoms with van der Waals surface area (Å²) in [5.41, 5.74) is 2.51. The van der Waals surface area contributed by atoms with Gasteiger partial charge in [-0.25, -0.2) is 15.0 Å². The van der Waals surface area contributed by atoms with Crippen molar-refractivity contribution in [3.63, 3.8) is 0 Å². The molecule has 0 spiro atoms. The lowest BCUT2D eigenvalue weighted by atomic mass is 9.96. The Kier molecular flexibility index (Phi) is 5.65. The molecule has 28 heavy (non-hydrogen) atoms. The molecule has 1 saturated heterocycles. The molecule has 0 radical (unpaired) electrons. The third kappa shape index (κ3) is 4.06. The van der Waals surface area contributed by atoms with Gasteiger partial charge in [0.2, 0.25) is 0 Å². The number of piperidine rings is 1. The van der Waals surface area contributed by atoms with Crippen molar-refractivity contribution in [1.82, 2.24) is 24.5 Å². The van der Waals surface area contributed by atoms with E-state index >= 15 is 0 Å². The van der Waals surface area contributed by atoms with Crippen molar-refractivity contribution in [2.24, 2.45) is 0 Å². The number of aromatic nitrogens is 5. The molecule has 6 nitrogen and oxygen atoms in total. The van der Waals surface area contributed by atoms with Crippen molar-refractivity contribution in [3.05, 3.63) is 65.9 Å². The van der Waals surface area contributed by atoms with E-state index in [4.69, 9.17) is 9.97 Å². The summed E-state index contributed by atoms with van der Waals surface area (Å²) in [6.07, 6.45) is 14.2. The molecule has 1 aliphatic rings. The van der Waals surface area contributed by atoms with Gasteiger partial charge in [-0.3, -0.25) is 4.98 Å². The van der Waals surface area contributed by atoms with Crippen molar-refractivity contribution >= 4 is 5.82 Å². The number of anilines is 1. The highest BCUT2D eigenvalue weighted by Gasteiger charge is 2.27. The largest absolute Gasteiger partial charge is 0.356 e. The maximum absolute atomic E-state index is 4.80. The predicted molar refractivity (Wildman–Crippen MR) is 111 cm³/mol. The summed E-state index contributed by atoms with van der Waals surface area (Å²) in [4.78, 5) is 20.5. The Morgan fingerprint density at radius 3 is 2.82 bits per heavy atom. The van der Waals surface area contributed by atoms with Crippen LogP contribution in [0.2, 0.25) is 0 Å². The first-order chi connectivity index (χ1) is 13.7. The van der Waals surface area contributed by atoms with Crippen LogP contribution in [0.4, 0.5) is 5.82 Å². The van der Waals surface area contributed by atoms with Gasteiger partial charge in [-0.15, -0.1) is 0 Å². The van der Waals surface area contributed by atoms with Crippen LogP contribution in [0.15, 0.2) is 43.1 Å². The quantitative estimate of drug-likeness (QED) is 0.655. The molecule has 4 rings (SSSR count). The minimum Gasteiger partial charge on any atom is -0.356 e. The maximum atomic E-state index is 4.80. The molecule has 4 heterocycles. The highest BCUT2D eigenvalue weighted by Crippen LogP contribution is 2.30. The van der Waals surface area contributed by atoms with E-state index in [2.05, 4.69) is 44.7 Å². The lowest BCUT2D eigenvalue weighted by Crippen LogP contribution is -2.36. The number of imidazole rings is 1. The summed E-state index contributed by atoms with van der Waals surface area (Å²) >= 11 is 0. The Balaban J connectivity index is 1.56. The highest BCUT2D eigenvalue weighted by atomic mass is 15.2. The summed E-state index contributed by atoms with van der Waals surface area (Å²) in [5.74, 6) is 3.54. The van der Waals surface area contributed by atoms with Gasteiger partial charge in [0.1, 0.15) is 17.5 Å². The Labute approximate surface area is 166 Å². The summed E-state index contributed by atoms with van der Waals surface area (Å²) in [5, 5.41) is 0. The second-order valence-electron chi connectivity index (χ2n) is 7.57. The molecular weight excluding hydrogens is 348 g/mol. The van der Waals surface area contributed by atoms with E-state index in [1.807, 2.05) is 31.7 Å². The first-order valence-electron chi connectivity index (χ1n) is 10.2. The first kappa shape index (κ1) is 18.6. The van der Waals surface area contributed by atoms with Crippen LogP contribution in [0, 0.1) is 6.92 Å². The molecule has 6 heteroatoms. The lowest BCUT2D eigenvalue weighted by Gasteiger charge is -2.34. The Morgan fingerprint density at radius 1 is 1.14 bits per heavy atom. The van der Waals surface area contributed by atoms with Crippen LogP contribution in [0.3, 0.4) is 0 Å². The second-order valence-corrected chi connectivity index (χ2v) is 7.57. The molecule has 3 aromatic heterocycles. The fourth-order valence-electron chi connectivity index (χ4n) is 4.08. The number of rotatable bonds is 6. The van der Waals surface area contributed by atoms with Gasteiger partial charge in [0.25, 0.3) is 0 Å². The topological polar surface area (TPSA) is 59.7 Å². The van der Waals surface area contributed by atoms with Crippen molar-refractivity contribution in [2.75, 3.05) is 18.0 Å². The summed E-state index contributed by atoms with van der Waals surface area (Å²) < 4.78 is 2.28. The molecule has 0 N–H and O–H groups in total. The van der Waals surface area contributed by atoms with E-state index in [1.165, 1.54) is 17.0 Å². The number of hydrogen-bond acceptors (Lipinski definition) is 5. The summed E-state index contributed by atoms with van der Waals surface area (Å²) in [6.45, 7) is 7.03. The van der Waals surface area contributed by atoms with E-state index in [0.717, 1.165) is 57.0 Å². The fraction of sp³-hybridized carbons (Fsp3) is 0.455. The normalized spacial score (nSPS) is 17.1. The predicted octanol–water partition coefficient (Wildman–Crippen LogP) is 3.76. The maximum Gasteiger partial charge on any atom is 0.135 e. The van der Waals surface area contributed by atoms with Gasteiger partial charge in [-0.2, -0.15) is 0 Å². The zero-order valence-corrected chi connectivity index (χ0v) is 16.8. The molecule has 146 valence electrons. The zero-order valence-electron chi connectivity index (χ0n) is 16.8. The number of pyridine rings is 1. The van der Waals surface area contributed by atoms with Gasteiger partial charge >= 0.3 is 0 Å². The van der Waals surface area contributed by atoms with Crippen molar-refractivity contribution < 1.29 is 0 Å². The van der Waals surface area contributed by atoms with Gasteiger partial charge in [0.05, 0.1) is 0 Å². The Bertz CT molecular complexity index is 904. The van der Waals surface area contributed by atoms with E-state index in [1.54, 1.807) is 0 Å². The molecule has 0 unspecified atom stereocenters. The summed E-state index contributed by atoms with van der Waals surface area (Å²) in [7, 11) is 0. The van der Waals surface area contributed by atoms with Crippen molar-refractivity contribution in [1.29, 1.82) is 0 Å². The first-order valence-corrected chi connectivity index (χ1v) is 10.2. The molecule has 0 bridgehead atoms. The van der Waals surface area contributed by atoms with E-state index in [9.17, 15) is 0 Å². The van der Waals surface area contributed by atoms with Gasteiger partial charge in [-0.05, 0) is 43.9 Å². The molecule has 0 amide bonds. The minimum absolute atomic E-state index is 0.412. The third-order valence-corrected chi connectivity index (χ3v) is 5.42. The van der Waals surface area contributed by atoms with E-state index < -0.39 is 0 Å².